The number of ether oxygens (including phenoxy) is 3. The first-order chi connectivity index (χ1) is 27.1. The molecule has 1 spiro atoms. The summed E-state index contributed by atoms with van der Waals surface area (Å²) in [6, 6.07) is 3.14. The second-order valence-corrected chi connectivity index (χ2v) is 19.0. The molecule has 3 aliphatic carbocycles. The van der Waals surface area contributed by atoms with Gasteiger partial charge < -0.3 is 24.2 Å². The summed E-state index contributed by atoms with van der Waals surface area (Å²) in [5.74, 6) is 2.10. The van der Waals surface area contributed by atoms with Crippen LogP contribution in [0.4, 0.5) is 10.2 Å². The van der Waals surface area contributed by atoms with E-state index in [2.05, 4.69) is 28.1 Å². The molecule has 2 N–H and O–H groups in total. The second-order valence-electron chi connectivity index (χ2n) is 17.6. The minimum absolute atomic E-state index is 0.0463. The molecule has 6 fully saturated rings. The highest BCUT2D eigenvalue weighted by Gasteiger charge is 2.58. The predicted molar refractivity (Wildman–Crippen MR) is 215 cm³/mol. The van der Waals surface area contributed by atoms with Crippen molar-refractivity contribution in [2.75, 3.05) is 63.0 Å². The molecule has 6 heterocycles. The van der Waals surface area contributed by atoms with E-state index in [0.29, 0.717) is 59.9 Å². The van der Waals surface area contributed by atoms with Gasteiger partial charge in [-0.05, 0) is 100 Å². The number of fused-ring (bicyclic) bond motifs is 3. The third-order valence-electron chi connectivity index (χ3n) is 13.5. The number of hydrogen-bond acceptors (Lipinski definition) is 11. The Bertz CT molecular complexity index is 2160. The maximum atomic E-state index is 17.6. The Kier molecular flexibility index (Phi) is 9.81. The maximum absolute atomic E-state index is 17.6. The fourth-order valence-electron chi connectivity index (χ4n) is 10.9. The zero-order valence-electron chi connectivity index (χ0n) is 33.5. The number of benzene rings is 1. The van der Waals surface area contributed by atoms with Crippen molar-refractivity contribution in [2.45, 2.75) is 109 Å². The number of methoxy groups -OCH3 is 1. The number of rotatable bonds is 8. The fraction of sp³-hybridized carbons (Fsp3) is 0.667. The molecule has 56 heavy (non-hydrogen) atoms. The standard InChI is InChI=1S/C40H50FN7O5S.C2H6/c1-23-14-27-26(17-42-46-27)30(29(23)24-7-8-24)33-32(41)34-31(36(43-33)51-3)35(47-12-13-52-19-38(2,49)18-47)45-37(44-34)53-20-40-9-4-6-28(40)48(11-5-10-40)25-15-39(16-25)21-54(50)22-39;1-2/h14,17,24-25,28,49H,4-13,15-16,18-22H2,1-3H3,(H,42,46);1-2H3. The van der Waals surface area contributed by atoms with Crippen LogP contribution in [-0.2, 0) is 15.5 Å². The van der Waals surface area contributed by atoms with Gasteiger partial charge in [0, 0.05) is 57.3 Å². The van der Waals surface area contributed by atoms with Crippen LogP contribution in [0.1, 0.15) is 95.6 Å². The Hall–Kier alpha value is -3.46. The number of β-amino-alcohol motifs (C(OH)–C–C–N with tert-alkyl or cyclic N) is 1. The molecule has 0 bridgehead atoms. The van der Waals surface area contributed by atoms with E-state index in [1.165, 1.54) is 7.11 Å². The van der Waals surface area contributed by atoms with E-state index in [0.717, 1.165) is 97.9 Å². The summed E-state index contributed by atoms with van der Waals surface area (Å²) in [7, 11) is 0.906. The highest BCUT2D eigenvalue weighted by Crippen LogP contribution is 2.56. The minimum atomic E-state index is -1.17. The summed E-state index contributed by atoms with van der Waals surface area (Å²) in [5, 5.41) is 19.8. The number of halogens is 1. The highest BCUT2D eigenvalue weighted by atomic mass is 32.2. The van der Waals surface area contributed by atoms with Crippen LogP contribution in [-0.4, -0.2) is 115 Å². The lowest BCUT2D eigenvalue weighted by Gasteiger charge is -2.60. The normalized spacial score (nSPS) is 31.7. The van der Waals surface area contributed by atoms with Crippen molar-refractivity contribution in [2.24, 2.45) is 10.8 Å². The number of hydrogen-bond donors (Lipinski definition) is 2. The van der Waals surface area contributed by atoms with E-state index in [4.69, 9.17) is 29.2 Å². The van der Waals surface area contributed by atoms with Gasteiger partial charge in [-0.3, -0.25) is 14.2 Å². The summed E-state index contributed by atoms with van der Waals surface area (Å²) in [6.07, 6.45) is 11.6. The second kappa shape index (κ2) is 14.4. The van der Waals surface area contributed by atoms with Crippen LogP contribution in [0.2, 0.25) is 0 Å². The molecule has 0 amide bonds. The van der Waals surface area contributed by atoms with E-state index < -0.39 is 22.2 Å². The van der Waals surface area contributed by atoms with Crippen molar-refractivity contribution in [3.05, 3.63) is 29.2 Å². The van der Waals surface area contributed by atoms with Crippen molar-refractivity contribution in [1.82, 2.24) is 30.0 Å². The Morgan fingerprint density at radius 1 is 1.11 bits per heavy atom. The molecular formula is C42H56FN7O5S. The van der Waals surface area contributed by atoms with E-state index in [9.17, 15) is 9.32 Å². The van der Waals surface area contributed by atoms with Crippen molar-refractivity contribution in [1.29, 1.82) is 0 Å². The SMILES string of the molecule is CC.COc1nc(-c2c(C3CC3)c(C)cc3[nH]ncc23)c(F)c2nc(OCC34CCCC3N(C3CC5(C3)CS(=O)C5)CCC4)nc(N3CCOCC(C)(O)C3)c12. The number of likely N-dealkylation sites (tertiary alicyclic amines) is 1. The number of pyridine rings is 1. The van der Waals surface area contributed by atoms with Gasteiger partial charge >= 0.3 is 6.01 Å². The zero-order valence-corrected chi connectivity index (χ0v) is 34.3. The molecule has 0 radical (unpaired) electrons. The number of aliphatic hydroxyl groups is 1. The quantitative estimate of drug-likeness (QED) is 0.204. The molecule has 1 aromatic carbocycles. The molecule has 6 aliphatic rings. The van der Waals surface area contributed by atoms with E-state index in [1.807, 2.05) is 18.7 Å². The van der Waals surface area contributed by atoms with Gasteiger partial charge in [0.2, 0.25) is 5.88 Å². The van der Waals surface area contributed by atoms with Crippen LogP contribution in [0, 0.1) is 23.6 Å². The summed E-state index contributed by atoms with van der Waals surface area (Å²) >= 11 is 0. The maximum Gasteiger partial charge on any atom is 0.319 e. The predicted octanol–water partition coefficient (Wildman–Crippen LogP) is 6.44. The lowest BCUT2D eigenvalue weighted by Crippen LogP contribution is -2.65. The van der Waals surface area contributed by atoms with Gasteiger partial charge in [-0.1, -0.05) is 20.3 Å². The summed E-state index contributed by atoms with van der Waals surface area (Å²) < 4.78 is 48.0. The number of nitrogens with zero attached hydrogens (tertiary/aromatic N) is 6. The van der Waals surface area contributed by atoms with Crippen molar-refractivity contribution >= 4 is 38.4 Å². The van der Waals surface area contributed by atoms with E-state index >= 15 is 4.39 Å². The molecule has 3 saturated carbocycles. The van der Waals surface area contributed by atoms with Crippen molar-refractivity contribution < 1.29 is 27.9 Å². The van der Waals surface area contributed by atoms with Crippen molar-refractivity contribution in [3.63, 3.8) is 0 Å². The lowest BCUT2D eigenvalue weighted by molar-refractivity contribution is -0.0719. The average Bonchev–Trinajstić information content (AvgIpc) is 3.78. The first-order valence-electron chi connectivity index (χ1n) is 20.8. The van der Waals surface area contributed by atoms with Crippen LogP contribution in [0.5, 0.6) is 11.9 Å². The zero-order chi connectivity index (χ0) is 39.0. The molecule has 3 aromatic heterocycles. The molecule has 3 aliphatic heterocycles. The van der Waals surface area contributed by atoms with Crippen LogP contribution in [0.3, 0.4) is 0 Å². The third-order valence-corrected chi connectivity index (χ3v) is 15.3. The van der Waals surface area contributed by atoms with Gasteiger partial charge in [-0.15, -0.1) is 0 Å². The van der Waals surface area contributed by atoms with Gasteiger partial charge in [0.15, 0.2) is 5.82 Å². The molecule has 3 saturated heterocycles. The van der Waals surface area contributed by atoms with E-state index in [-0.39, 0.29) is 41.7 Å². The van der Waals surface area contributed by atoms with Gasteiger partial charge in [-0.25, -0.2) is 9.37 Å². The number of aryl methyl sites for hydroxylation is 1. The smallest absolute Gasteiger partial charge is 0.319 e. The van der Waals surface area contributed by atoms with Crippen LogP contribution < -0.4 is 14.4 Å². The molecule has 10 rings (SSSR count). The molecule has 14 heteroatoms. The lowest BCUT2D eigenvalue weighted by atomic mass is 9.64. The highest BCUT2D eigenvalue weighted by molar-refractivity contribution is 7.86. The summed E-state index contributed by atoms with van der Waals surface area (Å²) in [6.45, 7) is 10.5. The van der Waals surface area contributed by atoms with Gasteiger partial charge in [-0.2, -0.15) is 15.1 Å². The Balaban J connectivity index is 0.00000202. The van der Waals surface area contributed by atoms with Crippen LogP contribution in [0.25, 0.3) is 33.1 Å². The monoisotopic (exact) mass is 789 g/mol. The van der Waals surface area contributed by atoms with Gasteiger partial charge in [0.1, 0.15) is 28.0 Å². The van der Waals surface area contributed by atoms with E-state index in [1.54, 1.807) is 13.1 Å². The Labute approximate surface area is 330 Å². The van der Waals surface area contributed by atoms with Gasteiger partial charge in [0.25, 0.3) is 0 Å². The Morgan fingerprint density at radius 2 is 1.89 bits per heavy atom. The Morgan fingerprint density at radius 3 is 2.64 bits per heavy atom. The molecule has 302 valence electrons. The number of piperidine rings is 1. The fourth-order valence-corrected chi connectivity index (χ4v) is 12.7. The summed E-state index contributed by atoms with van der Waals surface area (Å²) in [5.41, 5.74) is 3.02. The first kappa shape index (κ1) is 38.1. The minimum Gasteiger partial charge on any atom is -0.480 e. The molecular weight excluding hydrogens is 734 g/mol. The number of anilines is 1. The molecule has 3 unspecified atom stereocenters. The summed E-state index contributed by atoms with van der Waals surface area (Å²) in [4.78, 5) is 19.4. The number of aromatic amines is 1. The van der Waals surface area contributed by atoms with Crippen LogP contribution in [0.15, 0.2) is 12.3 Å². The first-order valence-corrected chi connectivity index (χ1v) is 22.3. The van der Waals surface area contributed by atoms with Crippen LogP contribution >= 0.6 is 0 Å². The third kappa shape index (κ3) is 6.46. The average molecular weight is 790 g/mol. The number of aromatic nitrogens is 5. The molecule has 3 atom stereocenters. The largest absolute Gasteiger partial charge is 0.480 e. The number of nitrogens with one attached hydrogen (secondary N) is 1. The van der Waals surface area contributed by atoms with Gasteiger partial charge in [0.05, 0.1) is 45.2 Å². The molecule has 4 aromatic rings. The molecule has 12 nitrogen and oxygen atoms in total. The van der Waals surface area contributed by atoms with Crippen molar-refractivity contribution in [3.8, 4) is 23.1 Å². The topological polar surface area (TPSA) is 139 Å². The number of H-pyrrole nitrogens is 1.